The van der Waals surface area contributed by atoms with Gasteiger partial charge >= 0.3 is 0 Å². The predicted molar refractivity (Wildman–Crippen MR) is 151 cm³/mol. The highest BCUT2D eigenvalue weighted by molar-refractivity contribution is 5.89. The van der Waals surface area contributed by atoms with Crippen LogP contribution >= 0.6 is 0 Å². The van der Waals surface area contributed by atoms with Gasteiger partial charge in [0.1, 0.15) is 11.5 Å². The zero-order chi connectivity index (χ0) is 26.6. The van der Waals surface area contributed by atoms with Crippen molar-refractivity contribution in [3.63, 3.8) is 0 Å². The minimum Gasteiger partial charge on any atom is -0.508 e. The number of amides is 1. The standard InChI is InChI=1S/C33H37NO3/c1-32(2,3)22-33(4,5)25-16-18-26(19-17-25)37-21-29(36)34-31(24-12-7-6-8-13-24)30-27-14-10-9-11-23(27)15-20-28(30)35/h6-20,31,35H,21-22H2,1-5H3,(H,34,36)/t31-/m1/s1. The molecule has 37 heavy (non-hydrogen) atoms. The molecule has 4 aromatic carbocycles. The van der Waals surface area contributed by atoms with Gasteiger partial charge in [0.25, 0.3) is 5.91 Å². The van der Waals surface area contributed by atoms with Crippen molar-refractivity contribution in [1.82, 2.24) is 5.32 Å². The summed E-state index contributed by atoms with van der Waals surface area (Å²) in [6.07, 6.45) is 1.06. The van der Waals surface area contributed by atoms with E-state index < -0.39 is 6.04 Å². The summed E-state index contributed by atoms with van der Waals surface area (Å²) in [5.74, 6) is 0.523. The highest BCUT2D eigenvalue weighted by atomic mass is 16.5. The van der Waals surface area contributed by atoms with E-state index in [1.165, 1.54) is 5.56 Å². The van der Waals surface area contributed by atoms with Crippen molar-refractivity contribution in [1.29, 1.82) is 0 Å². The lowest BCUT2D eigenvalue weighted by molar-refractivity contribution is -0.123. The molecule has 0 heterocycles. The average molecular weight is 496 g/mol. The van der Waals surface area contributed by atoms with E-state index in [9.17, 15) is 9.90 Å². The van der Waals surface area contributed by atoms with E-state index in [4.69, 9.17) is 4.74 Å². The Bertz CT molecular complexity index is 1350. The second kappa shape index (κ2) is 10.7. The second-order valence-corrected chi connectivity index (χ2v) is 11.6. The molecule has 0 fully saturated rings. The van der Waals surface area contributed by atoms with Crippen LogP contribution in [0.25, 0.3) is 10.8 Å². The minimum absolute atomic E-state index is 0.0392. The van der Waals surface area contributed by atoms with Gasteiger partial charge in [0.2, 0.25) is 0 Å². The lowest BCUT2D eigenvalue weighted by Crippen LogP contribution is -2.33. The van der Waals surface area contributed by atoms with Gasteiger partial charge in [0.05, 0.1) is 6.04 Å². The van der Waals surface area contributed by atoms with Crippen LogP contribution in [-0.2, 0) is 10.2 Å². The Balaban J connectivity index is 1.51. The average Bonchev–Trinajstić information content (AvgIpc) is 2.86. The molecule has 0 saturated heterocycles. The molecule has 4 rings (SSSR count). The summed E-state index contributed by atoms with van der Waals surface area (Å²) in [7, 11) is 0. The number of hydrogen-bond acceptors (Lipinski definition) is 3. The van der Waals surface area contributed by atoms with Crippen LogP contribution in [-0.4, -0.2) is 17.6 Å². The third-order valence-corrected chi connectivity index (χ3v) is 6.65. The van der Waals surface area contributed by atoms with Crippen LogP contribution in [0, 0.1) is 5.41 Å². The fourth-order valence-electron chi connectivity index (χ4n) is 5.34. The number of ether oxygens (including phenoxy) is 1. The lowest BCUT2D eigenvalue weighted by atomic mass is 9.72. The fraction of sp³-hybridized carbons (Fsp3) is 0.303. The summed E-state index contributed by atoms with van der Waals surface area (Å²) in [6.45, 7) is 11.2. The first-order valence-electron chi connectivity index (χ1n) is 12.8. The van der Waals surface area contributed by atoms with Gasteiger partial charge in [0.15, 0.2) is 6.61 Å². The number of aromatic hydroxyl groups is 1. The van der Waals surface area contributed by atoms with Crippen LogP contribution in [0.4, 0.5) is 0 Å². The van der Waals surface area contributed by atoms with E-state index in [0.29, 0.717) is 11.3 Å². The number of carbonyl (C=O) groups excluding carboxylic acids is 1. The van der Waals surface area contributed by atoms with E-state index in [0.717, 1.165) is 22.8 Å². The lowest BCUT2D eigenvalue weighted by Gasteiger charge is -2.33. The van der Waals surface area contributed by atoms with Crippen LogP contribution in [0.1, 0.15) is 63.8 Å². The normalized spacial score (nSPS) is 12.8. The number of phenolic OH excluding ortho intramolecular Hbond substituents is 1. The van der Waals surface area contributed by atoms with Crippen molar-refractivity contribution < 1.29 is 14.6 Å². The summed E-state index contributed by atoms with van der Waals surface area (Å²) in [6, 6.07) is 28.6. The number of hydrogen-bond donors (Lipinski definition) is 2. The van der Waals surface area contributed by atoms with E-state index in [1.54, 1.807) is 6.07 Å². The Morgan fingerprint density at radius 2 is 1.49 bits per heavy atom. The molecule has 1 atom stereocenters. The summed E-state index contributed by atoms with van der Waals surface area (Å²) in [5, 5.41) is 15.8. The van der Waals surface area contributed by atoms with Gasteiger partial charge in [-0.2, -0.15) is 0 Å². The van der Waals surface area contributed by atoms with Gasteiger partial charge in [0, 0.05) is 5.56 Å². The molecule has 0 spiro atoms. The molecule has 0 bridgehead atoms. The summed E-state index contributed by atoms with van der Waals surface area (Å²) < 4.78 is 5.85. The first kappa shape index (κ1) is 26.3. The summed E-state index contributed by atoms with van der Waals surface area (Å²) in [5.41, 5.74) is 3.06. The Labute approximate surface area is 220 Å². The molecule has 0 unspecified atom stereocenters. The van der Waals surface area contributed by atoms with E-state index in [1.807, 2.05) is 72.8 Å². The van der Waals surface area contributed by atoms with E-state index in [2.05, 4.69) is 52.1 Å². The monoisotopic (exact) mass is 495 g/mol. The van der Waals surface area contributed by atoms with Crippen molar-refractivity contribution in [2.75, 3.05) is 6.61 Å². The van der Waals surface area contributed by atoms with Gasteiger partial charge < -0.3 is 15.2 Å². The van der Waals surface area contributed by atoms with Crippen molar-refractivity contribution in [2.24, 2.45) is 5.41 Å². The SMILES string of the molecule is CC(C)(C)CC(C)(C)c1ccc(OCC(=O)N[C@H](c2ccccc2)c2c(O)ccc3ccccc23)cc1. The zero-order valence-electron chi connectivity index (χ0n) is 22.4. The van der Waals surface area contributed by atoms with Crippen molar-refractivity contribution in [2.45, 2.75) is 52.5 Å². The molecule has 0 saturated carbocycles. The molecule has 4 heteroatoms. The minimum atomic E-state index is -0.524. The molecule has 192 valence electrons. The molecule has 2 N–H and O–H groups in total. The number of carbonyl (C=O) groups is 1. The highest BCUT2D eigenvalue weighted by Crippen LogP contribution is 2.37. The third-order valence-electron chi connectivity index (χ3n) is 6.65. The fourth-order valence-corrected chi connectivity index (χ4v) is 5.34. The first-order valence-corrected chi connectivity index (χ1v) is 12.8. The summed E-state index contributed by atoms with van der Waals surface area (Å²) in [4.78, 5) is 13.1. The van der Waals surface area contributed by atoms with Gasteiger partial charge in [-0.3, -0.25) is 4.79 Å². The Morgan fingerprint density at radius 3 is 2.16 bits per heavy atom. The van der Waals surface area contributed by atoms with Crippen molar-refractivity contribution >= 4 is 16.7 Å². The smallest absolute Gasteiger partial charge is 0.258 e. The number of fused-ring (bicyclic) bond motifs is 1. The highest BCUT2D eigenvalue weighted by Gasteiger charge is 2.27. The zero-order valence-corrected chi connectivity index (χ0v) is 22.4. The molecule has 0 aliphatic carbocycles. The molecule has 0 aromatic heterocycles. The maximum absolute atomic E-state index is 13.1. The second-order valence-electron chi connectivity index (χ2n) is 11.6. The van der Waals surface area contributed by atoms with Crippen LogP contribution in [0.5, 0.6) is 11.5 Å². The van der Waals surface area contributed by atoms with Gasteiger partial charge in [-0.25, -0.2) is 0 Å². The molecular formula is C33H37NO3. The Morgan fingerprint density at radius 1 is 0.838 bits per heavy atom. The van der Waals surface area contributed by atoms with Crippen molar-refractivity contribution in [3.05, 3.63) is 108 Å². The van der Waals surface area contributed by atoms with E-state index in [-0.39, 0.29) is 29.1 Å². The van der Waals surface area contributed by atoms with Crippen LogP contribution in [0.15, 0.2) is 91.0 Å². The van der Waals surface area contributed by atoms with Crippen LogP contribution in [0.3, 0.4) is 0 Å². The molecule has 0 radical (unpaired) electrons. The maximum atomic E-state index is 13.1. The van der Waals surface area contributed by atoms with Gasteiger partial charge in [-0.15, -0.1) is 0 Å². The number of phenols is 1. The maximum Gasteiger partial charge on any atom is 0.258 e. The molecule has 0 aliphatic rings. The Kier molecular flexibility index (Phi) is 7.58. The molecule has 4 nitrogen and oxygen atoms in total. The molecule has 0 aliphatic heterocycles. The van der Waals surface area contributed by atoms with Crippen LogP contribution < -0.4 is 10.1 Å². The molecule has 1 amide bonds. The number of rotatable bonds is 8. The molecular weight excluding hydrogens is 458 g/mol. The number of nitrogens with one attached hydrogen (secondary N) is 1. The van der Waals surface area contributed by atoms with Gasteiger partial charge in [-0.05, 0) is 57.3 Å². The quantitative estimate of drug-likeness (QED) is 0.265. The number of benzene rings is 4. The van der Waals surface area contributed by atoms with Crippen molar-refractivity contribution in [3.8, 4) is 11.5 Å². The molecule has 4 aromatic rings. The van der Waals surface area contributed by atoms with Crippen LogP contribution in [0.2, 0.25) is 0 Å². The van der Waals surface area contributed by atoms with Gasteiger partial charge in [-0.1, -0.05) is 107 Å². The topological polar surface area (TPSA) is 58.6 Å². The van der Waals surface area contributed by atoms with E-state index >= 15 is 0 Å². The third kappa shape index (κ3) is 6.51. The predicted octanol–water partition coefficient (Wildman–Crippen LogP) is 7.54. The summed E-state index contributed by atoms with van der Waals surface area (Å²) >= 11 is 0. The Hall–Kier alpha value is -3.79. The first-order chi connectivity index (χ1) is 17.5. The largest absolute Gasteiger partial charge is 0.508 e.